The van der Waals surface area contributed by atoms with Crippen LogP contribution in [0.5, 0.6) is 11.5 Å². The molecule has 0 saturated heterocycles. The van der Waals surface area contributed by atoms with Gasteiger partial charge in [-0.25, -0.2) is 4.39 Å². The number of carbonyl (C=O) groups excluding carboxylic acids is 1. The number of phenolic OH excluding ortho intramolecular Hbond substituents is 1. The summed E-state index contributed by atoms with van der Waals surface area (Å²) in [5, 5.41) is 22.8. The van der Waals surface area contributed by atoms with Crippen LogP contribution in [0.1, 0.15) is 15.9 Å². The molecule has 0 spiro atoms. The van der Waals surface area contributed by atoms with Crippen molar-refractivity contribution in [3.05, 3.63) is 63.5 Å². The van der Waals surface area contributed by atoms with Crippen molar-refractivity contribution in [2.24, 2.45) is 0 Å². The van der Waals surface area contributed by atoms with Crippen LogP contribution in [0.15, 0.2) is 36.4 Å². The fraction of sp³-hybridized carbons (Fsp3) is 0.133. The molecule has 0 fully saturated rings. The first-order chi connectivity index (χ1) is 10.9. The highest BCUT2D eigenvalue weighted by molar-refractivity contribution is 5.94. The predicted octanol–water partition coefficient (Wildman–Crippen LogP) is 2.38. The summed E-state index contributed by atoms with van der Waals surface area (Å²) in [4.78, 5) is 22.0. The lowest BCUT2D eigenvalue weighted by molar-refractivity contribution is -0.384. The summed E-state index contributed by atoms with van der Waals surface area (Å²) in [7, 11) is 1.37. The van der Waals surface area contributed by atoms with Gasteiger partial charge in [-0.1, -0.05) is 0 Å². The number of halogens is 1. The number of non-ortho nitro benzene ring substituents is 1. The summed E-state index contributed by atoms with van der Waals surface area (Å²) in [5.41, 5.74) is -0.264. The minimum absolute atomic E-state index is 0.154. The van der Waals surface area contributed by atoms with Gasteiger partial charge in [0.15, 0.2) is 0 Å². The lowest BCUT2D eigenvalue weighted by Gasteiger charge is -2.08. The minimum Gasteiger partial charge on any atom is -0.508 e. The van der Waals surface area contributed by atoms with Gasteiger partial charge in [0.05, 0.1) is 17.6 Å². The van der Waals surface area contributed by atoms with Crippen LogP contribution in [0.3, 0.4) is 0 Å². The average molecular weight is 320 g/mol. The Balaban J connectivity index is 2.13. The zero-order chi connectivity index (χ0) is 17.0. The number of ether oxygens (including phenoxy) is 1. The van der Waals surface area contributed by atoms with E-state index >= 15 is 0 Å². The van der Waals surface area contributed by atoms with Gasteiger partial charge in [0.25, 0.3) is 11.6 Å². The van der Waals surface area contributed by atoms with Crippen molar-refractivity contribution in [3.8, 4) is 11.5 Å². The molecule has 0 saturated carbocycles. The molecule has 1 amide bonds. The van der Waals surface area contributed by atoms with Gasteiger partial charge in [-0.05, 0) is 18.2 Å². The summed E-state index contributed by atoms with van der Waals surface area (Å²) >= 11 is 0. The number of amides is 1. The SMILES string of the molecule is COc1ccc(C(=O)NCc2cc([N+](=O)[O-])ccc2O)c(F)c1. The molecule has 2 N–H and O–H groups in total. The van der Waals surface area contributed by atoms with Crippen molar-refractivity contribution >= 4 is 11.6 Å². The lowest BCUT2D eigenvalue weighted by Crippen LogP contribution is -2.24. The highest BCUT2D eigenvalue weighted by atomic mass is 19.1. The molecular weight excluding hydrogens is 307 g/mol. The molecule has 8 heteroatoms. The maximum atomic E-state index is 13.8. The largest absolute Gasteiger partial charge is 0.508 e. The molecule has 120 valence electrons. The van der Waals surface area contributed by atoms with Gasteiger partial charge in [-0.15, -0.1) is 0 Å². The van der Waals surface area contributed by atoms with E-state index in [9.17, 15) is 24.4 Å². The van der Waals surface area contributed by atoms with Crippen LogP contribution in [0.25, 0.3) is 0 Å². The van der Waals surface area contributed by atoms with Crippen LogP contribution in [0, 0.1) is 15.9 Å². The summed E-state index contributed by atoms with van der Waals surface area (Å²) in [6.45, 7) is -0.183. The van der Waals surface area contributed by atoms with Crippen molar-refractivity contribution in [1.82, 2.24) is 5.32 Å². The van der Waals surface area contributed by atoms with Crippen LogP contribution >= 0.6 is 0 Å². The Bertz CT molecular complexity index is 764. The quantitative estimate of drug-likeness (QED) is 0.650. The second kappa shape index (κ2) is 6.73. The van der Waals surface area contributed by atoms with Crippen LogP contribution in [0.2, 0.25) is 0 Å². The van der Waals surface area contributed by atoms with Gasteiger partial charge in [0.1, 0.15) is 17.3 Å². The van der Waals surface area contributed by atoms with Gasteiger partial charge in [-0.2, -0.15) is 0 Å². The molecule has 23 heavy (non-hydrogen) atoms. The average Bonchev–Trinajstić information content (AvgIpc) is 2.53. The molecule has 0 atom stereocenters. The molecule has 0 aromatic heterocycles. The number of hydrogen-bond acceptors (Lipinski definition) is 5. The number of nitro groups is 1. The number of aromatic hydroxyl groups is 1. The predicted molar refractivity (Wildman–Crippen MR) is 78.9 cm³/mol. The van der Waals surface area contributed by atoms with Crippen LogP contribution in [-0.2, 0) is 6.54 Å². The number of carbonyl (C=O) groups is 1. The Kier molecular flexibility index (Phi) is 4.75. The summed E-state index contributed by atoms with van der Waals surface area (Å²) < 4.78 is 18.6. The molecule has 0 aliphatic carbocycles. The molecule has 2 aromatic rings. The minimum atomic E-state index is -0.759. The molecular formula is C15H13FN2O5. The fourth-order valence-corrected chi connectivity index (χ4v) is 1.90. The molecule has 2 rings (SSSR count). The molecule has 7 nitrogen and oxygen atoms in total. The molecule has 0 unspecified atom stereocenters. The highest BCUT2D eigenvalue weighted by Crippen LogP contribution is 2.23. The topological polar surface area (TPSA) is 102 Å². The zero-order valence-corrected chi connectivity index (χ0v) is 12.1. The van der Waals surface area contributed by atoms with Crippen molar-refractivity contribution in [1.29, 1.82) is 0 Å². The third-order valence-corrected chi connectivity index (χ3v) is 3.13. The van der Waals surface area contributed by atoms with Crippen LogP contribution in [-0.4, -0.2) is 23.0 Å². The van der Waals surface area contributed by atoms with E-state index in [1.807, 2.05) is 0 Å². The first-order valence-corrected chi connectivity index (χ1v) is 6.50. The van der Waals surface area contributed by atoms with Gasteiger partial charge >= 0.3 is 0 Å². The maximum absolute atomic E-state index is 13.8. The van der Waals surface area contributed by atoms with Crippen molar-refractivity contribution in [3.63, 3.8) is 0 Å². The van der Waals surface area contributed by atoms with Crippen molar-refractivity contribution in [2.45, 2.75) is 6.54 Å². The standard InChI is InChI=1S/C15H13FN2O5/c1-23-11-3-4-12(13(16)7-11)15(20)17-8-9-6-10(18(21)22)2-5-14(9)19/h2-7,19H,8H2,1H3,(H,17,20). The highest BCUT2D eigenvalue weighted by Gasteiger charge is 2.15. The number of benzene rings is 2. The molecule has 2 aromatic carbocycles. The Hall–Kier alpha value is -3.16. The van der Waals surface area contributed by atoms with Crippen molar-refractivity contribution < 1.29 is 24.0 Å². The first kappa shape index (κ1) is 16.2. The molecule has 0 heterocycles. The van der Waals surface area contributed by atoms with E-state index in [-0.39, 0.29) is 34.9 Å². The Morgan fingerprint density at radius 2 is 2.09 bits per heavy atom. The number of rotatable bonds is 5. The molecule has 0 aliphatic heterocycles. The Labute approximate surface area is 130 Å². The monoisotopic (exact) mass is 320 g/mol. The Morgan fingerprint density at radius 1 is 1.35 bits per heavy atom. The molecule has 0 aliphatic rings. The number of nitrogens with zero attached hydrogens (tertiary/aromatic N) is 1. The third kappa shape index (κ3) is 3.73. The third-order valence-electron chi connectivity index (χ3n) is 3.13. The Morgan fingerprint density at radius 3 is 2.70 bits per heavy atom. The number of hydrogen-bond donors (Lipinski definition) is 2. The van der Waals surface area contributed by atoms with Gasteiger partial charge < -0.3 is 15.2 Å². The van der Waals surface area contributed by atoms with E-state index in [0.717, 1.165) is 24.3 Å². The number of nitro benzene ring substituents is 1. The van der Waals surface area contributed by atoms with E-state index in [1.54, 1.807) is 0 Å². The van der Waals surface area contributed by atoms with E-state index in [2.05, 4.69) is 5.32 Å². The summed E-state index contributed by atoms with van der Waals surface area (Å²) in [5.74, 6) is -1.40. The zero-order valence-electron chi connectivity index (χ0n) is 12.1. The number of methoxy groups -OCH3 is 1. The number of nitrogens with one attached hydrogen (secondary N) is 1. The van der Waals surface area contributed by atoms with Gasteiger partial charge in [0.2, 0.25) is 0 Å². The maximum Gasteiger partial charge on any atom is 0.270 e. The second-order valence-electron chi connectivity index (χ2n) is 4.60. The van der Waals surface area contributed by atoms with Gasteiger partial charge in [-0.3, -0.25) is 14.9 Å². The lowest BCUT2D eigenvalue weighted by atomic mass is 10.1. The molecule has 0 bridgehead atoms. The van der Waals surface area contributed by atoms with Crippen LogP contribution in [0.4, 0.5) is 10.1 Å². The van der Waals surface area contributed by atoms with E-state index < -0.39 is 16.6 Å². The van der Waals surface area contributed by atoms with E-state index in [4.69, 9.17) is 4.74 Å². The first-order valence-electron chi connectivity index (χ1n) is 6.50. The van der Waals surface area contributed by atoms with E-state index in [1.165, 1.54) is 19.2 Å². The number of phenols is 1. The second-order valence-corrected chi connectivity index (χ2v) is 4.60. The summed E-state index contributed by atoms with van der Waals surface area (Å²) in [6, 6.07) is 7.21. The smallest absolute Gasteiger partial charge is 0.270 e. The van der Waals surface area contributed by atoms with Crippen LogP contribution < -0.4 is 10.1 Å². The van der Waals surface area contributed by atoms with E-state index in [0.29, 0.717) is 0 Å². The normalized spacial score (nSPS) is 10.2. The van der Waals surface area contributed by atoms with Gasteiger partial charge in [0, 0.05) is 30.3 Å². The van der Waals surface area contributed by atoms with Crippen molar-refractivity contribution in [2.75, 3.05) is 7.11 Å². The summed E-state index contributed by atoms with van der Waals surface area (Å²) in [6.07, 6.45) is 0. The molecule has 0 radical (unpaired) electrons. The fourth-order valence-electron chi connectivity index (χ4n) is 1.90.